The Morgan fingerprint density at radius 1 is 1.19 bits per heavy atom. The normalized spacial score (nSPS) is 14.6. The SMILES string of the molecule is CN1CCN(C(=O)NC(=O)c2c(F)ccc(OCc3nc4cc(Cl)ccc4s3)c2F)CC1. The number of imide groups is 1. The van der Waals surface area contributed by atoms with E-state index in [1.807, 2.05) is 18.0 Å². The van der Waals surface area contributed by atoms with Gasteiger partial charge in [-0.1, -0.05) is 11.6 Å². The van der Waals surface area contributed by atoms with E-state index >= 15 is 0 Å². The maximum atomic E-state index is 14.9. The third-order valence-electron chi connectivity index (χ3n) is 5.04. The minimum absolute atomic E-state index is 0.0825. The molecule has 3 amide bonds. The molecule has 0 aliphatic carbocycles. The topological polar surface area (TPSA) is 74.8 Å². The number of hydrogen-bond acceptors (Lipinski definition) is 6. The van der Waals surface area contributed by atoms with Crippen molar-refractivity contribution < 1.29 is 23.1 Å². The highest BCUT2D eigenvalue weighted by Crippen LogP contribution is 2.28. The van der Waals surface area contributed by atoms with Crippen LogP contribution in [0.2, 0.25) is 5.02 Å². The number of hydrogen-bond donors (Lipinski definition) is 1. The van der Waals surface area contributed by atoms with Crippen molar-refractivity contribution in [1.29, 1.82) is 0 Å². The number of thiazole rings is 1. The van der Waals surface area contributed by atoms with Crippen molar-refractivity contribution >= 4 is 45.1 Å². The Morgan fingerprint density at radius 2 is 1.94 bits per heavy atom. The van der Waals surface area contributed by atoms with Gasteiger partial charge in [-0.2, -0.15) is 0 Å². The number of likely N-dealkylation sites (N-methyl/N-ethyl adjacent to an activating group) is 1. The van der Waals surface area contributed by atoms with Crippen LogP contribution in [0.4, 0.5) is 13.6 Å². The number of rotatable bonds is 4. The standard InChI is InChI=1S/C21H19ClF2N4O3S/c1-27-6-8-28(9-7-27)21(30)26-20(29)18-13(23)3-4-15(19(18)24)31-11-17-25-14-10-12(22)2-5-16(14)32-17/h2-5,10H,6-9,11H2,1H3,(H,26,29,30). The fourth-order valence-electron chi connectivity index (χ4n) is 3.25. The van der Waals surface area contributed by atoms with Crippen LogP contribution in [-0.4, -0.2) is 59.9 Å². The number of fused-ring (bicyclic) bond motifs is 1. The van der Waals surface area contributed by atoms with E-state index in [0.29, 0.717) is 41.7 Å². The van der Waals surface area contributed by atoms with Gasteiger partial charge in [-0.25, -0.2) is 18.6 Å². The summed E-state index contributed by atoms with van der Waals surface area (Å²) in [4.78, 5) is 32.6. The molecule has 1 fully saturated rings. The molecule has 2 aromatic carbocycles. The zero-order valence-electron chi connectivity index (χ0n) is 17.0. The van der Waals surface area contributed by atoms with Crippen LogP contribution in [0, 0.1) is 11.6 Å². The first-order valence-electron chi connectivity index (χ1n) is 9.76. The lowest BCUT2D eigenvalue weighted by Crippen LogP contribution is -2.51. The molecule has 32 heavy (non-hydrogen) atoms. The highest BCUT2D eigenvalue weighted by Gasteiger charge is 2.26. The monoisotopic (exact) mass is 480 g/mol. The van der Waals surface area contributed by atoms with Gasteiger partial charge < -0.3 is 14.5 Å². The van der Waals surface area contributed by atoms with Gasteiger partial charge >= 0.3 is 6.03 Å². The highest BCUT2D eigenvalue weighted by molar-refractivity contribution is 7.18. The van der Waals surface area contributed by atoms with Crippen LogP contribution in [0.15, 0.2) is 30.3 Å². The van der Waals surface area contributed by atoms with Gasteiger partial charge in [0.15, 0.2) is 11.6 Å². The van der Waals surface area contributed by atoms with Crippen LogP contribution in [-0.2, 0) is 6.61 Å². The number of carbonyl (C=O) groups is 2. The van der Waals surface area contributed by atoms with Gasteiger partial charge in [0.25, 0.3) is 5.91 Å². The summed E-state index contributed by atoms with van der Waals surface area (Å²) >= 11 is 7.30. The summed E-state index contributed by atoms with van der Waals surface area (Å²) in [7, 11) is 1.92. The highest BCUT2D eigenvalue weighted by atomic mass is 35.5. The molecule has 0 spiro atoms. The first-order valence-corrected chi connectivity index (χ1v) is 11.0. The van der Waals surface area contributed by atoms with Gasteiger partial charge in [-0.05, 0) is 37.4 Å². The van der Waals surface area contributed by atoms with Crippen LogP contribution in [0.3, 0.4) is 0 Å². The van der Waals surface area contributed by atoms with Crippen molar-refractivity contribution in [2.45, 2.75) is 6.61 Å². The van der Waals surface area contributed by atoms with Gasteiger partial charge in [0.2, 0.25) is 0 Å². The minimum atomic E-state index is -1.18. The summed E-state index contributed by atoms with van der Waals surface area (Å²) in [5.41, 5.74) is -0.191. The van der Waals surface area contributed by atoms with E-state index < -0.39 is 29.1 Å². The number of urea groups is 1. The number of amides is 3. The van der Waals surface area contributed by atoms with Crippen LogP contribution < -0.4 is 10.1 Å². The van der Waals surface area contributed by atoms with E-state index in [9.17, 15) is 18.4 Å². The number of piperazine rings is 1. The summed E-state index contributed by atoms with van der Waals surface area (Å²) < 4.78 is 35.5. The molecule has 0 atom stereocenters. The van der Waals surface area contributed by atoms with Crippen LogP contribution in [0.1, 0.15) is 15.4 Å². The third kappa shape index (κ3) is 4.82. The molecule has 168 valence electrons. The Kier molecular flexibility index (Phi) is 6.54. The molecule has 7 nitrogen and oxygen atoms in total. The number of aromatic nitrogens is 1. The maximum absolute atomic E-state index is 14.9. The number of carbonyl (C=O) groups excluding carboxylic acids is 2. The molecule has 3 aromatic rings. The second-order valence-electron chi connectivity index (χ2n) is 7.29. The van der Waals surface area contributed by atoms with Crippen molar-refractivity contribution in [3.63, 3.8) is 0 Å². The Balaban J connectivity index is 1.46. The van der Waals surface area contributed by atoms with Crippen LogP contribution in [0.5, 0.6) is 5.75 Å². The van der Waals surface area contributed by atoms with Gasteiger partial charge in [-0.3, -0.25) is 10.1 Å². The van der Waals surface area contributed by atoms with Crippen molar-refractivity contribution in [2.24, 2.45) is 0 Å². The number of nitrogens with zero attached hydrogens (tertiary/aromatic N) is 3. The van der Waals surface area contributed by atoms with E-state index in [-0.39, 0.29) is 12.4 Å². The Hall–Kier alpha value is -2.82. The molecular weight excluding hydrogens is 462 g/mol. The van der Waals surface area contributed by atoms with Gasteiger partial charge in [0.1, 0.15) is 23.0 Å². The average Bonchev–Trinajstić information content (AvgIpc) is 3.15. The fourth-order valence-corrected chi connectivity index (χ4v) is 4.28. The van der Waals surface area contributed by atoms with E-state index in [2.05, 4.69) is 10.3 Å². The molecule has 0 bridgehead atoms. The quantitative estimate of drug-likeness (QED) is 0.613. The lowest BCUT2D eigenvalue weighted by Gasteiger charge is -2.32. The molecular formula is C21H19ClF2N4O3S. The number of nitrogens with one attached hydrogen (secondary N) is 1. The molecule has 1 saturated heterocycles. The lowest BCUT2D eigenvalue weighted by atomic mass is 10.1. The molecule has 1 aromatic heterocycles. The smallest absolute Gasteiger partial charge is 0.324 e. The van der Waals surface area contributed by atoms with Crippen molar-refractivity contribution in [1.82, 2.24) is 20.1 Å². The molecule has 11 heteroatoms. The molecule has 1 N–H and O–H groups in total. The van der Waals surface area contributed by atoms with E-state index in [0.717, 1.165) is 16.8 Å². The Labute approximate surface area is 191 Å². The number of ether oxygens (including phenoxy) is 1. The van der Waals surface area contributed by atoms with Gasteiger partial charge in [-0.15, -0.1) is 11.3 Å². The summed E-state index contributed by atoms with van der Waals surface area (Å²) in [6.45, 7) is 2.03. The predicted octanol–water partition coefficient (Wildman–Crippen LogP) is 3.90. The third-order valence-corrected chi connectivity index (χ3v) is 6.28. The van der Waals surface area contributed by atoms with Gasteiger partial charge in [0, 0.05) is 31.2 Å². The summed E-state index contributed by atoms with van der Waals surface area (Å²) in [6, 6.07) is 6.58. The summed E-state index contributed by atoms with van der Waals surface area (Å²) in [6.07, 6.45) is 0. The van der Waals surface area contributed by atoms with Crippen LogP contribution >= 0.6 is 22.9 Å². The molecule has 1 aliphatic heterocycles. The molecule has 0 radical (unpaired) electrons. The van der Waals surface area contributed by atoms with Crippen LogP contribution in [0.25, 0.3) is 10.2 Å². The van der Waals surface area contributed by atoms with Crippen molar-refractivity contribution in [3.05, 3.63) is 57.6 Å². The summed E-state index contributed by atoms with van der Waals surface area (Å²) in [5, 5.41) is 3.16. The summed E-state index contributed by atoms with van der Waals surface area (Å²) in [5.74, 6) is -3.75. The van der Waals surface area contributed by atoms with Crippen molar-refractivity contribution in [2.75, 3.05) is 33.2 Å². The van der Waals surface area contributed by atoms with E-state index in [1.165, 1.54) is 16.2 Å². The van der Waals surface area contributed by atoms with E-state index in [4.69, 9.17) is 16.3 Å². The second kappa shape index (κ2) is 9.35. The second-order valence-corrected chi connectivity index (χ2v) is 8.84. The van der Waals surface area contributed by atoms with Gasteiger partial charge in [0.05, 0.1) is 10.2 Å². The maximum Gasteiger partial charge on any atom is 0.324 e. The zero-order chi connectivity index (χ0) is 22.8. The minimum Gasteiger partial charge on any atom is -0.483 e. The van der Waals surface area contributed by atoms with E-state index in [1.54, 1.807) is 12.1 Å². The largest absolute Gasteiger partial charge is 0.483 e. The lowest BCUT2D eigenvalue weighted by molar-refractivity contribution is 0.0931. The fraction of sp³-hybridized carbons (Fsp3) is 0.286. The number of halogens is 3. The number of benzene rings is 2. The first kappa shape index (κ1) is 22.4. The first-order chi connectivity index (χ1) is 15.3. The molecule has 2 heterocycles. The van der Waals surface area contributed by atoms with Crippen molar-refractivity contribution in [3.8, 4) is 5.75 Å². The predicted molar refractivity (Wildman–Crippen MR) is 117 cm³/mol. The molecule has 0 unspecified atom stereocenters. The average molecular weight is 481 g/mol. The Bertz CT molecular complexity index is 1180. The Morgan fingerprint density at radius 3 is 2.69 bits per heavy atom. The molecule has 4 rings (SSSR count). The molecule has 0 saturated carbocycles. The zero-order valence-corrected chi connectivity index (χ0v) is 18.6. The molecule has 1 aliphatic rings.